The van der Waals surface area contributed by atoms with Crippen molar-refractivity contribution in [3.8, 4) is 0 Å². The molecule has 1 heterocycles. The van der Waals surface area contributed by atoms with Gasteiger partial charge in [-0.05, 0) is 44.5 Å². The van der Waals surface area contributed by atoms with Crippen LogP contribution in [-0.2, 0) is 9.53 Å². The Balaban J connectivity index is 0.00000512. The van der Waals surface area contributed by atoms with E-state index < -0.39 is 0 Å². The van der Waals surface area contributed by atoms with Crippen LogP contribution in [0.2, 0.25) is 0 Å². The maximum Gasteiger partial charge on any atom is 0.243 e. The van der Waals surface area contributed by atoms with E-state index >= 15 is 0 Å². The van der Waals surface area contributed by atoms with Crippen molar-refractivity contribution in [2.24, 2.45) is 4.99 Å². The van der Waals surface area contributed by atoms with E-state index in [9.17, 15) is 4.79 Å². The summed E-state index contributed by atoms with van der Waals surface area (Å²) in [5.41, 5.74) is 2.49. The first kappa shape index (κ1) is 28.4. The van der Waals surface area contributed by atoms with Gasteiger partial charge < -0.3 is 25.2 Å². The van der Waals surface area contributed by atoms with Crippen molar-refractivity contribution in [3.63, 3.8) is 0 Å². The number of benzene rings is 1. The summed E-state index contributed by atoms with van der Waals surface area (Å²) in [6.07, 6.45) is 1.02. The first-order valence-corrected chi connectivity index (χ1v) is 11.3. The van der Waals surface area contributed by atoms with E-state index in [1.165, 1.54) is 11.3 Å². The van der Waals surface area contributed by atoms with Crippen LogP contribution in [0.5, 0.6) is 0 Å². The van der Waals surface area contributed by atoms with Crippen LogP contribution in [0.4, 0.5) is 5.69 Å². The lowest BCUT2D eigenvalue weighted by molar-refractivity contribution is -0.127. The topological polar surface area (TPSA) is 72.4 Å². The third-order valence-corrected chi connectivity index (χ3v) is 5.34. The van der Waals surface area contributed by atoms with Gasteiger partial charge in [0.15, 0.2) is 5.96 Å². The van der Waals surface area contributed by atoms with Gasteiger partial charge in [-0.1, -0.05) is 12.1 Å². The number of hydrogen-bond donors (Lipinski definition) is 2. The molecule has 2 N–H and O–H groups in total. The normalized spacial score (nSPS) is 14.4. The van der Waals surface area contributed by atoms with E-state index in [0.29, 0.717) is 5.96 Å². The van der Waals surface area contributed by atoms with Gasteiger partial charge in [0.1, 0.15) is 6.54 Å². The van der Waals surface area contributed by atoms with Gasteiger partial charge in [-0.15, -0.1) is 24.0 Å². The summed E-state index contributed by atoms with van der Waals surface area (Å²) < 4.78 is 5.40. The van der Waals surface area contributed by atoms with Crippen LogP contribution in [0.25, 0.3) is 0 Å². The molecule has 1 aliphatic rings. The summed E-state index contributed by atoms with van der Waals surface area (Å²) in [5, 5.41) is 6.78. The number of hydrogen-bond acceptors (Lipinski definition) is 5. The average Bonchev–Trinajstić information content (AvgIpc) is 2.77. The molecule has 0 aromatic heterocycles. The smallest absolute Gasteiger partial charge is 0.243 e. The lowest BCUT2D eigenvalue weighted by Gasteiger charge is -2.26. The van der Waals surface area contributed by atoms with E-state index in [1.807, 2.05) is 0 Å². The zero-order chi connectivity index (χ0) is 22.5. The predicted octanol–water partition coefficient (Wildman–Crippen LogP) is 1.79. The van der Waals surface area contributed by atoms with Crippen LogP contribution >= 0.6 is 24.0 Å². The van der Waals surface area contributed by atoms with Crippen molar-refractivity contribution in [1.29, 1.82) is 0 Å². The minimum atomic E-state index is -0.00985. The molecular formula is C23H41IN6O2. The van der Waals surface area contributed by atoms with E-state index in [4.69, 9.17) is 4.74 Å². The Labute approximate surface area is 210 Å². The number of carbonyl (C=O) groups excluding carboxylic acids is 1. The summed E-state index contributed by atoms with van der Waals surface area (Å²) in [6, 6.07) is 8.56. The van der Waals surface area contributed by atoms with Crippen LogP contribution in [-0.4, -0.2) is 101 Å². The molecule has 1 fully saturated rings. The lowest BCUT2D eigenvalue weighted by atomic mass is 10.2. The summed E-state index contributed by atoms with van der Waals surface area (Å²) in [7, 11) is 3.50. The van der Waals surface area contributed by atoms with E-state index in [-0.39, 0.29) is 36.4 Å². The van der Waals surface area contributed by atoms with Gasteiger partial charge in [0.2, 0.25) is 5.91 Å². The second-order valence-corrected chi connectivity index (χ2v) is 8.03. The van der Waals surface area contributed by atoms with Gasteiger partial charge in [0, 0.05) is 59.1 Å². The molecule has 0 spiro atoms. The third-order valence-electron chi connectivity index (χ3n) is 5.34. The molecule has 1 saturated heterocycles. The molecule has 1 amide bonds. The maximum absolute atomic E-state index is 12.0. The molecule has 2 rings (SSSR count). The van der Waals surface area contributed by atoms with Gasteiger partial charge in [-0.3, -0.25) is 9.69 Å². The number of anilines is 1. The first-order valence-electron chi connectivity index (χ1n) is 11.3. The molecule has 0 atom stereocenters. The van der Waals surface area contributed by atoms with Crippen LogP contribution in [0.1, 0.15) is 18.9 Å². The van der Waals surface area contributed by atoms with E-state index in [2.05, 4.69) is 63.5 Å². The summed E-state index contributed by atoms with van der Waals surface area (Å²) in [6.45, 7) is 12.5. The van der Waals surface area contributed by atoms with Crippen LogP contribution < -0.4 is 15.5 Å². The number of aliphatic imine (C=N–C) groups is 1. The highest BCUT2D eigenvalue weighted by molar-refractivity contribution is 14.0. The standard InChI is InChI=1S/C23H40N6O2.HI/c1-5-29(21-9-6-8-20(2)18-21)13-11-25-23(26-19-22(30)27(3)4)24-10-7-12-28-14-16-31-17-15-28;/h6,8-9,18H,5,7,10-17,19H2,1-4H3,(H2,24,25,26);1H. The van der Waals surface area contributed by atoms with Gasteiger partial charge in [-0.2, -0.15) is 0 Å². The summed E-state index contributed by atoms with van der Waals surface area (Å²) in [5.74, 6) is 0.682. The van der Waals surface area contributed by atoms with Crippen molar-refractivity contribution >= 4 is 41.5 Å². The van der Waals surface area contributed by atoms with Crippen LogP contribution in [0.15, 0.2) is 29.3 Å². The Bertz CT molecular complexity index is 695. The molecule has 0 unspecified atom stereocenters. The maximum atomic E-state index is 12.0. The molecular weight excluding hydrogens is 519 g/mol. The molecule has 0 radical (unpaired) electrons. The van der Waals surface area contributed by atoms with Crippen molar-refractivity contribution < 1.29 is 9.53 Å². The quantitative estimate of drug-likeness (QED) is 0.186. The fourth-order valence-electron chi connectivity index (χ4n) is 3.40. The summed E-state index contributed by atoms with van der Waals surface area (Å²) in [4.78, 5) is 22.8. The molecule has 1 aromatic rings. The zero-order valence-electron chi connectivity index (χ0n) is 20.1. The summed E-state index contributed by atoms with van der Waals surface area (Å²) >= 11 is 0. The van der Waals surface area contributed by atoms with E-state index in [1.54, 1.807) is 19.0 Å². The Hall–Kier alpha value is -1.59. The minimum absolute atomic E-state index is 0. The van der Waals surface area contributed by atoms with Gasteiger partial charge in [0.05, 0.1) is 13.2 Å². The van der Waals surface area contributed by atoms with Gasteiger partial charge in [0.25, 0.3) is 0 Å². The Morgan fingerprint density at radius 2 is 1.91 bits per heavy atom. The molecule has 9 heteroatoms. The Morgan fingerprint density at radius 1 is 1.19 bits per heavy atom. The third kappa shape index (κ3) is 10.8. The molecule has 32 heavy (non-hydrogen) atoms. The van der Waals surface area contributed by atoms with Gasteiger partial charge >= 0.3 is 0 Å². The first-order chi connectivity index (χ1) is 15.0. The number of morpholine rings is 1. The van der Waals surface area contributed by atoms with Crippen molar-refractivity contribution in [3.05, 3.63) is 29.8 Å². The number of ether oxygens (including phenoxy) is 1. The molecule has 1 aromatic carbocycles. The predicted molar refractivity (Wildman–Crippen MR) is 143 cm³/mol. The number of guanidine groups is 1. The highest BCUT2D eigenvalue weighted by Gasteiger charge is 2.10. The molecule has 0 bridgehead atoms. The fraction of sp³-hybridized carbons (Fsp3) is 0.652. The number of aryl methyl sites for hydroxylation is 1. The highest BCUT2D eigenvalue weighted by atomic mass is 127. The van der Waals surface area contributed by atoms with Crippen LogP contribution in [0, 0.1) is 6.92 Å². The molecule has 0 saturated carbocycles. The number of nitrogens with one attached hydrogen (secondary N) is 2. The second-order valence-electron chi connectivity index (χ2n) is 8.03. The van der Waals surface area contributed by atoms with Crippen molar-refractivity contribution in [2.45, 2.75) is 20.3 Å². The zero-order valence-corrected chi connectivity index (χ0v) is 22.4. The number of rotatable bonds is 11. The molecule has 1 aliphatic heterocycles. The Morgan fingerprint density at radius 3 is 2.56 bits per heavy atom. The highest BCUT2D eigenvalue weighted by Crippen LogP contribution is 2.14. The van der Waals surface area contributed by atoms with Crippen molar-refractivity contribution in [2.75, 3.05) is 84.6 Å². The number of carbonyl (C=O) groups is 1. The lowest BCUT2D eigenvalue weighted by Crippen LogP contribution is -2.43. The SMILES string of the molecule is CCN(CCNC(=NCC(=O)N(C)C)NCCCN1CCOCC1)c1cccc(C)c1.I. The fourth-order valence-corrected chi connectivity index (χ4v) is 3.40. The monoisotopic (exact) mass is 560 g/mol. The minimum Gasteiger partial charge on any atom is -0.379 e. The molecule has 8 nitrogen and oxygen atoms in total. The number of halogens is 1. The number of amides is 1. The average molecular weight is 561 g/mol. The molecule has 182 valence electrons. The van der Waals surface area contributed by atoms with Crippen LogP contribution in [0.3, 0.4) is 0 Å². The molecule has 0 aliphatic carbocycles. The number of likely N-dealkylation sites (N-methyl/N-ethyl adjacent to an activating group) is 2. The second kappa shape index (κ2) is 16.1. The largest absolute Gasteiger partial charge is 0.379 e. The van der Waals surface area contributed by atoms with Gasteiger partial charge in [-0.25, -0.2) is 4.99 Å². The Kier molecular flexibility index (Phi) is 14.3. The van der Waals surface area contributed by atoms with Crippen molar-refractivity contribution in [1.82, 2.24) is 20.4 Å². The van der Waals surface area contributed by atoms with E-state index in [0.717, 1.165) is 65.4 Å². The number of nitrogens with zero attached hydrogens (tertiary/aromatic N) is 4.